The Balaban J connectivity index is 2.37. The predicted octanol–water partition coefficient (Wildman–Crippen LogP) is 4.47. The van der Waals surface area contributed by atoms with Crippen LogP contribution >= 0.6 is 11.3 Å². The number of carbonyl (C=O) groups excluding carboxylic acids is 3. The fraction of sp³-hybridized carbons (Fsp3) is 0.188. The molecule has 0 radical (unpaired) electrons. The molecule has 0 unspecified atom stereocenters. The summed E-state index contributed by atoms with van der Waals surface area (Å²) in [6.45, 7) is 2.72. The van der Waals surface area contributed by atoms with Gasteiger partial charge in [0.1, 0.15) is 0 Å². The normalized spacial score (nSPS) is 15.0. The molecule has 124 valence electrons. The van der Waals surface area contributed by atoms with E-state index >= 15 is 0 Å². The van der Waals surface area contributed by atoms with Gasteiger partial charge in [-0.2, -0.15) is 13.2 Å². The number of ketones is 3. The van der Waals surface area contributed by atoms with Crippen LogP contribution in [0.5, 0.6) is 0 Å². The van der Waals surface area contributed by atoms with E-state index in [0.717, 1.165) is 11.3 Å². The average Bonchev–Trinajstić information content (AvgIpc) is 3.15. The first-order chi connectivity index (χ1) is 11.1. The third-order valence-corrected chi connectivity index (χ3v) is 4.68. The van der Waals surface area contributed by atoms with Crippen LogP contribution in [0.25, 0.3) is 10.6 Å². The second kappa shape index (κ2) is 5.27. The summed E-state index contributed by atoms with van der Waals surface area (Å²) in [4.78, 5) is 36.8. The van der Waals surface area contributed by atoms with Crippen molar-refractivity contribution in [2.24, 2.45) is 0 Å². The third kappa shape index (κ3) is 2.25. The van der Waals surface area contributed by atoms with Crippen molar-refractivity contribution in [3.63, 3.8) is 0 Å². The summed E-state index contributed by atoms with van der Waals surface area (Å²) in [5, 5.41) is 1.58. The molecule has 0 saturated carbocycles. The molecule has 0 spiro atoms. The molecule has 4 nitrogen and oxygen atoms in total. The minimum absolute atomic E-state index is 0.00209. The van der Waals surface area contributed by atoms with Crippen LogP contribution < -0.4 is 0 Å². The van der Waals surface area contributed by atoms with Crippen LogP contribution in [-0.4, -0.2) is 23.5 Å². The average molecular weight is 354 g/mol. The van der Waals surface area contributed by atoms with Crippen LogP contribution in [0, 0.1) is 0 Å². The van der Waals surface area contributed by atoms with Crippen LogP contribution in [0.15, 0.2) is 33.1 Å². The minimum Gasteiger partial charge on any atom is -0.450 e. The zero-order valence-corrected chi connectivity index (χ0v) is 13.2. The molecule has 2 heterocycles. The Morgan fingerprint density at radius 2 is 1.71 bits per heavy atom. The molecule has 24 heavy (non-hydrogen) atoms. The van der Waals surface area contributed by atoms with Gasteiger partial charge in [0.2, 0.25) is 5.78 Å². The summed E-state index contributed by atoms with van der Waals surface area (Å²) in [6, 6.07) is 3.01. The molecule has 1 aliphatic rings. The predicted molar refractivity (Wildman–Crippen MR) is 79.4 cm³/mol. The maximum absolute atomic E-state index is 13.0. The van der Waals surface area contributed by atoms with E-state index in [1.54, 1.807) is 11.4 Å². The molecule has 2 aromatic heterocycles. The van der Waals surface area contributed by atoms with Gasteiger partial charge in [-0.25, -0.2) is 0 Å². The third-order valence-electron chi connectivity index (χ3n) is 3.81. The van der Waals surface area contributed by atoms with Crippen molar-refractivity contribution >= 4 is 28.7 Å². The topological polar surface area (TPSA) is 64.3 Å². The van der Waals surface area contributed by atoms with Gasteiger partial charge < -0.3 is 4.42 Å². The molecular weight excluding hydrogens is 345 g/mol. The molecule has 2 aromatic rings. The van der Waals surface area contributed by atoms with Gasteiger partial charge in [0.05, 0.1) is 16.0 Å². The van der Waals surface area contributed by atoms with E-state index < -0.39 is 46.2 Å². The number of rotatable bonds is 2. The minimum atomic E-state index is -5.20. The molecular formula is C16H9F3O4S. The smallest absolute Gasteiger partial charge is 0.450 e. The Bertz CT molecular complexity index is 914. The number of hydrogen-bond donors (Lipinski definition) is 0. The molecule has 8 heteroatoms. The summed E-state index contributed by atoms with van der Waals surface area (Å²) in [6.07, 6.45) is -5.20. The molecule has 0 saturated heterocycles. The fourth-order valence-electron chi connectivity index (χ4n) is 2.45. The van der Waals surface area contributed by atoms with Crippen molar-refractivity contribution in [1.29, 1.82) is 0 Å². The first-order valence-corrected chi connectivity index (χ1v) is 7.61. The number of allylic oxidation sites excluding steroid dienone is 2. The SMILES string of the molecule is CC1=C(C)C(=O)c2c(oc(-c3cccs3)c2C(=O)C(F)(F)F)C1=O. The highest BCUT2D eigenvalue weighted by molar-refractivity contribution is 7.13. The van der Waals surface area contributed by atoms with Gasteiger partial charge in [-0.3, -0.25) is 14.4 Å². The van der Waals surface area contributed by atoms with Gasteiger partial charge in [-0.1, -0.05) is 6.07 Å². The van der Waals surface area contributed by atoms with Crippen LogP contribution in [0.2, 0.25) is 0 Å². The van der Waals surface area contributed by atoms with E-state index in [0.29, 0.717) is 0 Å². The van der Waals surface area contributed by atoms with Crippen molar-refractivity contribution in [1.82, 2.24) is 0 Å². The number of halogens is 3. The first kappa shape index (κ1) is 16.4. The number of carbonyl (C=O) groups is 3. The number of Topliss-reactive ketones (excluding diaryl/α,β-unsaturated/α-hetero) is 3. The summed E-state index contributed by atoms with van der Waals surface area (Å²) in [5.74, 6) is -4.62. The van der Waals surface area contributed by atoms with Gasteiger partial charge in [-0.05, 0) is 25.3 Å². The molecule has 0 bridgehead atoms. The van der Waals surface area contributed by atoms with E-state index in [2.05, 4.69) is 0 Å². The van der Waals surface area contributed by atoms with E-state index in [-0.39, 0.29) is 16.0 Å². The number of alkyl halides is 3. The number of hydrogen-bond acceptors (Lipinski definition) is 5. The number of fused-ring (bicyclic) bond motifs is 1. The van der Waals surface area contributed by atoms with E-state index in [1.807, 2.05) is 0 Å². The Labute approximate surface area is 137 Å². The molecule has 0 atom stereocenters. The van der Waals surface area contributed by atoms with Crippen molar-refractivity contribution < 1.29 is 32.0 Å². The monoisotopic (exact) mass is 354 g/mol. The molecule has 1 aliphatic carbocycles. The number of thiophene rings is 1. The van der Waals surface area contributed by atoms with Crippen molar-refractivity contribution in [2.45, 2.75) is 20.0 Å². The molecule has 0 aliphatic heterocycles. The highest BCUT2D eigenvalue weighted by Gasteiger charge is 2.47. The standard InChI is InChI=1S/C16H9F3O4S/c1-6-7(2)12(21)14-9(11(6)20)10(15(22)16(17,18)19)13(23-14)8-4-3-5-24-8/h3-5H,1-2H3. The summed E-state index contributed by atoms with van der Waals surface area (Å²) in [7, 11) is 0. The lowest BCUT2D eigenvalue weighted by molar-refractivity contribution is -0.0885. The molecule has 0 N–H and O–H groups in total. The summed E-state index contributed by atoms with van der Waals surface area (Å²) in [5.41, 5.74) is -1.41. The van der Waals surface area contributed by atoms with E-state index in [9.17, 15) is 27.6 Å². The largest absolute Gasteiger partial charge is 0.455 e. The summed E-state index contributed by atoms with van der Waals surface area (Å²) < 4.78 is 44.3. The Hall–Kier alpha value is -2.48. The van der Waals surface area contributed by atoms with Gasteiger partial charge in [0.15, 0.2) is 17.3 Å². The van der Waals surface area contributed by atoms with E-state index in [4.69, 9.17) is 4.42 Å². The molecule has 0 amide bonds. The quantitative estimate of drug-likeness (QED) is 0.747. The second-order valence-electron chi connectivity index (χ2n) is 5.22. The lowest BCUT2D eigenvalue weighted by atomic mass is 9.86. The van der Waals surface area contributed by atoms with Gasteiger partial charge in [0, 0.05) is 11.1 Å². The highest BCUT2D eigenvalue weighted by Crippen LogP contribution is 2.41. The van der Waals surface area contributed by atoms with Crippen LogP contribution in [0.1, 0.15) is 45.1 Å². The van der Waals surface area contributed by atoms with Gasteiger partial charge in [0.25, 0.3) is 5.78 Å². The fourth-order valence-corrected chi connectivity index (χ4v) is 3.16. The van der Waals surface area contributed by atoms with Crippen LogP contribution in [0.3, 0.4) is 0 Å². The molecule has 3 rings (SSSR count). The Kier molecular flexibility index (Phi) is 3.60. The molecule has 0 fully saturated rings. The van der Waals surface area contributed by atoms with Gasteiger partial charge >= 0.3 is 6.18 Å². The Morgan fingerprint density at radius 1 is 1.08 bits per heavy atom. The molecule has 0 aromatic carbocycles. The lowest BCUT2D eigenvalue weighted by Gasteiger charge is -2.13. The highest BCUT2D eigenvalue weighted by atomic mass is 32.1. The summed E-state index contributed by atoms with van der Waals surface area (Å²) >= 11 is 1.04. The zero-order valence-electron chi connectivity index (χ0n) is 12.4. The first-order valence-electron chi connectivity index (χ1n) is 6.73. The maximum Gasteiger partial charge on any atom is 0.455 e. The lowest BCUT2D eigenvalue weighted by Crippen LogP contribution is -2.27. The van der Waals surface area contributed by atoms with Crippen LogP contribution in [0.4, 0.5) is 13.2 Å². The van der Waals surface area contributed by atoms with Gasteiger partial charge in [-0.15, -0.1) is 11.3 Å². The van der Waals surface area contributed by atoms with Crippen LogP contribution in [-0.2, 0) is 0 Å². The van der Waals surface area contributed by atoms with Crippen molar-refractivity contribution in [3.05, 3.63) is 45.5 Å². The number of furan rings is 1. The zero-order chi connectivity index (χ0) is 17.8. The second-order valence-corrected chi connectivity index (χ2v) is 6.17. The van der Waals surface area contributed by atoms with Crippen molar-refractivity contribution in [2.75, 3.05) is 0 Å². The van der Waals surface area contributed by atoms with E-state index in [1.165, 1.54) is 19.9 Å². The van der Waals surface area contributed by atoms with Crippen molar-refractivity contribution in [3.8, 4) is 10.6 Å². The Morgan fingerprint density at radius 3 is 2.25 bits per heavy atom. The maximum atomic E-state index is 13.0.